The van der Waals surface area contributed by atoms with E-state index in [1.807, 2.05) is 0 Å². The fraction of sp³-hybridized carbons (Fsp3) is 0.579. The van der Waals surface area contributed by atoms with Crippen LogP contribution in [0.15, 0.2) is 24.3 Å². The van der Waals surface area contributed by atoms with Crippen molar-refractivity contribution < 1.29 is 10.2 Å². The van der Waals surface area contributed by atoms with Gasteiger partial charge in [0.15, 0.2) is 0 Å². The highest BCUT2D eigenvalue weighted by molar-refractivity contribution is 5.85. The van der Waals surface area contributed by atoms with Crippen LogP contribution in [-0.4, -0.2) is 45.4 Å². The van der Waals surface area contributed by atoms with E-state index in [4.69, 9.17) is 0 Å². The molecule has 4 bridgehead atoms. The van der Waals surface area contributed by atoms with E-state index in [-0.39, 0.29) is 13.2 Å². The molecule has 0 radical (unpaired) electrons. The van der Waals surface area contributed by atoms with Crippen LogP contribution in [0.25, 0.3) is 10.9 Å². The molecule has 4 aliphatic rings. The lowest BCUT2D eigenvalue weighted by Gasteiger charge is -2.63. The first-order valence-electron chi connectivity index (χ1n) is 8.83. The normalized spacial score (nSPS) is 41.3. The highest BCUT2D eigenvalue weighted by atomic mass is 16.3. The second kappa shape index (κ2) is 4.82. The highest BCUT2D eigenvalue weighted by Crippen LogP contribution is 2.56. The topological polar surface area (TPSA) is 59.5 Å². The minimum absolute atomic E-state index is 0.234. The fourth-order valence-corrected chi connectivity index (χ4v) is 5.95. The van der Waals surface area contributed by atoms with E-state index in [9.17, 15) is 10.2 Å². The number of aromatic nitrogens is 1. The quantitative estimate of drug-likeness (QED) is 0.796. The fourth-order valence-electron chi connectivity index (χ4n) is 5.95. The van der Waals surface area contributed by atoms with Crippen LogP contribution >= 0.6 is 0 Å². The molecule has 0 spiro atoms. The van der Waals surface area contributed by atoms with E-state index < -0.39 is 0 Å². The van der Waals surface area contributed by atoms with Gasteiger partial charge in [0.05, 0.1) is 6.04 Å². The van der Waals surface area contributed by atoms with Crippen molar-refractivity contribution in [2.45, 2.75) is 37.9 Å². The smallest absolute Gasteiger partial charge is 0.0510 e. The Balaban J connectivity index is 1.68. The molecule has 0 aliphatic carbocycles. The van der Waals surface area contributed by atoms with Crippen LogP contribution < -0.4 is 0 Å². The average Bonchev–Trinajstić information content (AvgIpc) is 2.94. The Morgan fingerprint density at radius 1 is 1.17 bits per heavy atom. The number of benzene rings is 1. The van der Waals surface area contributed by atoms with Gasteiger partial charge in [-0.15, -0.1) is 0 Å². The number of hydrogen-bond donors (Lipinski definition) is 3. The summed E-state index contributed by atoms with van der Waals surface area (Å²) in [5, 5.41) is 21.2. The summed E-state index contributed by atoms with van der Waals surface area (Å²) in [6.07, 6.45) is 2.07. The molecule has 0 saturated carbocycles. The largest absolute Gasteiger partial charge is 0.396 e. The predicted molar refractivity (Wildman–Crippen MR) is 89.1 cm³/mol. The van der Waals surface area contributed by atoms with Gasteiger partial charge in [0.2, 0.25) is 0 Å². The standard InChI is InChI=1S/C19H24N2O2/c1-10-14(8-22)12-6-18-19-13(7-17(21(10)18)15(12)9-23)11-4-2-3-5-16(11)20-19/h2-5,10,12,14-15,17-18,20,22-23H,6-9H2,1H3/t10-,12-,14-,15?,17-,18-/m0/s1. The van der Waals surface area contributed by atoms with Gasteiger partial charge in [0.25, 0.3) is 0 Å². The van der Waals surface area contributed by atoms with Crippen LogP contribution in [0.4, 0.5) is 0 Å². The molecule has 4 nitrogen and oxygen atoms in total. The third-order valence-corrected chi connectivity index (χ3v) is 6.94. The highest BCUT2D eigenvalue weighted by Gasteiger charge is 2.57. The van der Waals surface area contributed by atoms with Crippen LogP contribution in [0.3, 0.4) is 0 Å². The molecule has 2 unspecified atom stereocenters. The average molecular weight is 312 g/mol. The molecule has 0 amide bonds. The number of piperidine rings is 3. The van der Waals surface area contributed by atoms with Crippen LogP contribution in [0.2, 0.25) is 0 Å². The van der Waals surface area contributed by atoms with Gasteiger partial charge in [0.1, 0.15) is 0 Å². The van der Waals surface area contributed by atoms with E-state index in [1.54, 1.807) is 0 Å². The maximum absolute atomic E-state index is 10.0. The molecule has 3 fully saturated rings. The summed E-state index contributed by atoms with van der Waals surface area (Å²) < 4.78 is 0. The second-order valence-corrected chi connectivity index (χ2v) is 7.63. The third kappa shape index (κ3) is 1.66. The van der Waals surface area contributed by atoms with Crippen LogP contribution in [0, 0.1) is 17.8 Å². The zero-order valence-electron chi connectivity index (χ0n) is 13.4. The summed E-state index contributed by atoms with van der Waals surface area (Å²) in [6.45, 7) is 2.73. The third-order valence-electron chi connectivity index (χ3n) is 6.94. The lowest BCUT2D eigenvalue weighted by Crippen LogP contribution is -2.67. The molecule has 6 rings (SSSR count). The Bertz CT molecular complexity index is 755. The molecular weight excluding hydrogens is 288 g/mol. The summed E-state index contributed by atoms with van der Waals surface area (Å²) in [5.41, 5.74) is 4.07. The first-order chi connectivity index (χ1) is 11.2. The number of rotatable bonds is 2. The van der Waals surface area contributed by atoms with Gasteiger partial charge >= 0.3 is 0 Å². The predicted octanol–water partition coefficient (Wildman–Crippen LogP) is 2.07. The van der Waals surface area contributed by atoms with Gasteiger partial charge in [0, 0.05) is 53.7 Å². The number of aromatic amines is 1. The van der Waals surface area contributed by atoms with Gasteiger partial charge in [-0.1, -0.05) is 18.2 Å². The van der Waals surface area contributed by atoms with Crippen LogP contribution in [0.5, 0.6) is 0 Å². The van der Waals surface area contributed by atoms with Crippen LogP contribution in [0.1, 0.15) is 30.6 Å². The van der Waals surface area contributed by atoms with Gasteiger partial charge in [-0.25, -0.2) is 0 Å². The summed E-state index contributed by atoms with van der Waals surface area (Å²) in [4.78, 5) is 6.27. The van der Waals surface area contributed by atoms with Crippen molar-refractivity contribution in [3.05, 3.63) is 35.5 Å². The van der Waals surface area contributed by atoms with Crippen molar-refractivity contribution in [2.24, 2.45) is 17.8 Å². The summed E-state index contributed by atoms with van der Waals surface area (Å²) in [6, 6.07) is 9.79. The monoisotopic (exact) mass is 312 g/mol. The Morgan fingerprint density at radius 2 is 1.96 bits per heavy atom. The van der Waals surface area contributed by atoms with Crippen molar-refractivity contribution in [1.82, 2.24) is 9.88 Å². The Hall–Kier alpha value is -1.36. The van der Waals surface area contributed by atoms with Crippen molar-refractivity contribution in [1.29, 1.82) is 0 Å². The van der Waals surface area contributed by atoms with Crippen LogP contribution in [-0.2, 0) is 6.42 Å². The summed E-state index contributed by atoms with van der Waals surface area (Å²) in [7, 11) is 0. The first kappa shape index (κ1) is 14.0. The molecule has 3 N–H and O–H groups in total. The minimum atomic E-state index is 0.234. The maximum Gasteiger partial charge on any atom is 0.0510 e. The molecule has 2 aromatic rings. The molecule has 122 valence electrons. The Labute approximate surface area is 136 Å². The molecule has 7 atom stereocenters. The molecular formula is C19H24N2O2. The Kier molecular flexibility index (Phi) is 2.94. The molecule has 3 saturated heterocycles. The first-order valence-corrected chi connectivity index (χ1v) is 8.83. The van der Waals surface area contributed by atoms with E-state index in [1.165, 1.54) is 22.2 Å². The number of nitrogens with one attached hydrogen (secondary N) is 1. The molecule has 4 aliphatic heterocycles. The molecule has 1 aromatic carbocycles. The summed E-state index contributed by atoms with van der Waals surface area (Å²) >= 11 is 0. The van der Waals surface area contributed by atoms with Gasteiger partial charge < -0.3 is 15.2 Å². The number of para-hydroxylation sites is 1. The zero-order chi connectivity index (χ0) is 15.7. The summed E-state index contributed by atoms with van der Waals surface area (Å²) in [5.74, 6) is 1.02. The van der Waals surface area contributed by atoms with Gasteiger partial charge in [-0.3, -0.25) is 4.90 Å². The maximum atomic E-state index is 10.0. The minimum Gasteiger partial charge on any atom is -0.396 e. The SMILES string of the molecule is C[C@H]1[C@H](CO)[C@@H]2C[C@H]3c4[nH]c5ccccc5c4C[C@@H](C2CO)N31. The number of aliphatic hydroxyl groups excluding tert-OH is 2. The lowest BCUT2D eigenvalue weighted by atomic mass is 9.60. The Morgan fingerprint density at radius 3 is 2.74 bits per heavy atom. The molecule has 5 heterocycles. The number of hydrogen-bond acceptors (Lipinski definition) is 3. The van der Waals surface area contributed by atoms with Crippen molar-refractivity contribution in [3.8, 4) is 0 Å². The number of H-pyrrole nitrogens is 1. The van der Waals surface area contributed by atoms with Crippen molar-refractivity contribution >= 4 is 10.9 Å². The molecule has 1 aromatic heterocycles. The molecule has 23 heavy (non-hydrogen) atoms. The number of aliphatic hydroxyl groups is 2. The lowest BCUT2D eigenvalue weighted by molar-refractivity contribution is -0.154. The van der Waals surface area contributed by atoms with E-state index in [2.05, 4.69) is 41.1 Å². The van der Waals surface area contributed by atoms with Gasteiger partial charge in [-0.05, 0) is 37.3 Å². The molecule has 4 heteroatoms. The number of fused-ring (bicyclic) bond motifs is 4. The second-order valence-electron chi connectivity index (χ2n) is 7.63. The van der Waals surface area contributed by atoms with Gasteiger partial charge in [-0.2, -0.15) is 0 Å². The van der Waals surface area contributed by atoms with Crippen molar-refractivity contribution in [3.63, 3.8) is 0 Å². The van der Waals surface area contributed by atoms with E-state index in [0.29, 0.717) is 35.9 Å². The number of nitrogens with zero attached hydrogens (tertiary/aromatic N) is 1. The van der Waals surface area contributed by atoms with E-state index >= 15 is 0 Å². The van der Waals surface area contributed by atoms with E-state index in [0.717, 1.165) is 12.8 Å². The van der Waals surface area contributed by atoms with Crippen molar-refractivity contribution in [2.75, 3.05) is 13.2 Å². The zero-order valence-corrected chi connectivity index (χ0v) is 13.4.